The van der Waals surface area contributed by atoms with Crippen molar-refractivity contribution < 1.29 is 19.5 Å². The van der Waals surface area contributed by atoms with Gasteiger partial charge >= 0.3 is 6.09 Å². The maximum Gasteiger partial charge on any atom is 0.405 e. The third kappa shape index (κ3) is 6.22. The van der Waals surface area contributed by atoms with Crippen molar-refractivity contribution >= 4 is 12.0 Å². The van der Waals surface area contributed by atoms with Crippen molar-refractivity contribution in [3.63, 3.8) is 0 Å². The van der Waals surface area contributed by atoms with E-state index in [1.165, 1.54) is 31.4 Å². The third-order valence-corrected chi connectivity index (χ3v) is 4.48. The number of carboxylic acid groups (broad SMARTS) is 1. The van der Waals surface area contributed by atoms with E-state index in [2.05, 4.69) is 5.32 Å². The first-order valence-corrected chi connectivity index (χ1v) is 8.08. The van der Waals surface area contributed by atoms with Gasteiger partial charge in [0, 0.05) is 18.5 Å². The van der Waals surface area contributed by atoms with Gasteiger partial charge in [-0.15, -0.1) is 0 Å². The number of rotatable bonds is 7. The lowest BCUT2D eigenvalue weighted by Crippen LogP contribution is -2.46. The predicted octanol–water partition coefficient (Wildman–Crippen LogP) is 3.03. The summed E-state index contributed by atoms with van der Waals surface area (Å²) in [5.74, 6) is 0.247. The molecule has 1 rings (SSSR count). The Labute approximate surface area is 133 Å². The summed E-state index contributed by atoms with van der Waals surface area (Å²) in [5.41, 5.74) is -0.643. The minimum absolute atomic E-state index is 0.0756. The summed E-state index contributed by atoms with van der Waals surface area (Å²) in [6.07, 6.45) is 6.26. The first kappa shape index (κ1) is 18.7. The molecule has 0 aliphatic heterocycles. The fraction of sp³-hybridized carbons (Fsp3) is 0.875. The third-order valence-electron chi connectivity index (χ3n) is 4.48. The molecule has 1 aliphatic carbocycles. The van der Waals surface area contributed by atoms with Crippen LogP contribution in [0.15, 0.2) is 0 Å². The second-order valence-electron chi connectivity index (χ2n) is 6.97. The SMILES string of the molecule is CON(C)C(=O)[C@H](CC1CCCCC1)CC(C)(C)NC(=O)O. The van der Waals surface area contributed by atoms with Crippen molar-refractivity contribution in [2.24, 2.45) is 11.8 Å². The summed E-state index contributed by atoms with van der Waals surface area (Å²) >= 11 is 0. The predicted molar refractivity (Wildman–Crippen MR) is 84.3 cm³/mol. The molecule has 0 aromatic carbocycles. The van der Waals surface area contributed by atoms with Crippen LogP contribution in [-0.2, 0) is 9.63 Å². The fourth-order valence-corrected chi connectivity index (χ4v) is 3.40. The van der Waals surface area contributed by atoms with Crippen molar-refractivity contribution in [2.75, 3.05) is 14.2 Å². The van der Waals surface area contributed by atoms with Crippen LogP contribution >= 0.6 is 0 Å². The van der Waals surface area contributed by atoms with Crippen molar-refractivity contribution in [3.8, 4) is 0 Å². The molecule has 0 unspecified atom stereocenters. The minimum Gasteiger partial charge on any atom is -0.465 e. The maximum absolute atomic E-state index is 12.5. The summed E-state index contributed by atoms with van der Waals surface area (Å²) in [4.78, 5) is 28.5. The van der Waals surface area contributed by atoms with E-state index >= 15 is 0 Å². The normalized spacial score (nSPS) is 17.8. The topological polar surface area (TPSA) is 78.9 Å². The average Bonchev–Trinajstić information content (AvgIpc) is 2.44. The Bertz CT molecular complexity index is 378. The molecule has 0 spiro atoms. The quantitative estimate of drug-likeness (QED) is 0.708. The number of hydrogen-bond acceptors (Lipinski definition) is 3. The van der Waals surface area contributed by atoms with Crippen LogP contribution < -0.4 is 5.32 Å². The van der Waals surface area contributed by atoms with Crippen LogP contribution in [0.25, 0.3) is 0 Å². The number of nitrogens with one attached hydrogen (secondary N) is 1. The van der Waals surface area contributed by atoms with E-state index in [4.69, 9.17) is 9.94 Å². The van der Waals surface area contributed by atoms with Gasteiger partial charge in [0.15, 0.2) is 0 Å². The molecule has 1 aliphatic rings. The Balaban J connectivity index is 2.76. The Morgan fingerprint density at radius 1 is 1.32 bits per heavy atom. The highest BCUT2D eigenvalue weighted by atomic mass is 16.7. The molecule has 0 bridgehead atoms. The highest BCUT2D eigenvalue weighted by molar-refractivity contribution is 5.77. The molecule has 0 radical (unpaired) electrons. The zero-order valence-corrected chi connectivity index (χ0v) is 14.2. The van der Waals surface area contributed by atoms with E-state index in [1.807, 2.05) is 13.8 Å². The number of carbonyl (C=O) groups is 2. The lowest BCUT2D eigenvalue weighted by molar-refractivity contribution is -0.174. The van der Waals surface area contributed by atoms with Crippen LogP contribution in [0.4, 0.5) is 4.79 Å². The van der Waals surface area contributed by atoms with Gasteiger partial charge in [0.2, 0.25) is 5.91 Å². The number of carbonyl (C=O) groups excluding carboxylic acids is 1. The van der Waals surface area contributed by atoms with Crippen LogP contribution in [-0.4, -0.2) is 41.9 Å². The molecule has 0 heterocycles. The van der Waals surface area contributed by atoms with Gasteiger partial charge in [-0.25, -0.2) is 9.86 Å². The average molecular weight is 314 g/mol. The van der Waals surface area contributed by atoms with Gasteiger partial charge in [-0.1, -0.05) is 32.1 Å². The highest BCUT2D eigenvalue weighted by Gasteiger charge is 2.33. The first-order valence-electron chi connectivity index (χ1n) is 8.08. The van der Waals surface area contributed by atoms with Crippen LogP contribution in [0, 0.1) is 11.8 Å². The molecule has 0 saturated heterocycles. The van der Waals surface area contributed by atoms with E-state index in [1.54, 1.807) is 7.05 Å². The Hall–Kier alpha value is -1.30. The Kier molecular flexibility index (Phi) is 7.13. The van der Waals surface area contributed by atoms with Crippen LogP contribution in [0.1, 0.15) is 58.8 Å². The number of hydroxylamine groups is 2. The largest absolute Gasteiger partial charge is 0.465 e. The molecule has 6 nitrogen and oxygen atoms in total. The molecule has 128 valence electrons. The molecule has 1 atom stereocenters. The van der Waals surface area contributed by atoms with Crippen molar-refractivity contribution in [1.82, 2.24) is 10.4 Å². The van der Waals surface area contributed by atoms with Crippen LogP contribution in [0.5, 0.6) is 0 Å². The van der Waals surface area contributed by atoms with Gasteiger partial charge in [0.05, 0.1) is 7.11 Å². The van der Waals surface area contributed by atoms with Gasteiger partial charge in [0.25, 0.3) is 0 Å². The van der Waals surface area contributed by atoms with Crippen molar-refractivity contribution in [1.29, 1.82) is 0 Å². The van der Waals surface area contributed by atoms with Crippen LogP contribution in [0.2, 0.25) is 0 Å². The molecule has 2 N–H and O–H groups in total. The zero-order valence-electron chi connectivity index (χ0n) is 14.2. The number of nitrogens with zero attached hydrogens (tertiary/aromatic N) is 1. The van der Waals surface area contributed by atoms with Crippen LogP contribution in [0.3, 0.4) is 0 Å². The second-order valence-corrected chi connectivity index (χ2v) is 6.97. The smallest absolute Gasteiger partial charge is 0.405 e. The van der Waals surface area contributed by atoms with Gasteiger partial charge in [-0.3, -0.25) is 9.63 Å². The van der Waals surface area contributed by atoms with E-state index < -0.39 is 11.6 Å². The van der Waals surface area contributed by atoms with Gasteiger partial charge in [-0.2, -0.15) is 0 Å². The first-order chi connectivity index (χ1) is 10.2. The molecule has 2 amide bonds. The Morgan fingerprint density at radius 2 is 1.91 bits per heavy atom. The van der Waals surface area contributed by atoms with Gasteiger partial charge < -0.3 is 10.4 Å². The lowest BCUT2D eigenvalue weighted by Gasteiger charge is -2.33. The molecule has 6 heteroatoms. The van der Waals surface area contributed by atoms with E-state index in [-0.39, 0.29) is 11.8 Å². The van der Waals surface area contributed by atoms with E-state index in [0.29, 0.717) is 12.3 Å². The van der Waals surface area contributed by atoms with E-state index in [0.717, 1.165) is 19.3 Å². The molecular formula is C16H30N2O4. The van der Waals surface area contributed by atoms with Crippen molar-refractivity contribution in [3.05, 3.63) is 0 Å². The molecule has 0 aromatic rings. The molecule has 22 heavy (non-hydrogen) atoms. The summed E-state index contributed by atoms with van der Waals surface area (Å²) in [6.45, 7) is 3.63. The second kappa shape index (κ2) is 8.36. The monoisotopic (exact) mass is 314 g/mol. The summed E-state index contributed by atoms with van der Waals surface area (Å²) in [7, 11) is 3.07. The lowest BCUT2D eigenvalue weighted by atomic mass is 9.78. The standard InChI is InChI=1S/C16H30N2O4/c1-16(2,17-15(20)21)11-13(14(19)18(3)22-4)10-12-8-6-5-7-9-12/h12-13,17H,5-11H2,1-4H3,(H,20,21)/t13-/m1/s1. The number of amides is 2. The van der Waals surface area contributed by atoms with Gasteiger partial charge in [0.1, 0.15) is 0 Å². The zero-order chi connectivity index (χ0) is 16.8. The number of hydrogen-bond donors (Lipinski definition) is 2. The van der Waals surface area contributed by atoms with Crippen molar-refractivity contribution in [2.45, 2.75) is 64.3 Å². The highest BCUT2D eigenvalue weighted by Crippen LogP contribution is 2.32. The summed E-state index contributed by atoms with van der Waals surface area (Å²) in [6, 6.07) is 0. The Morgan fingerprint density at radius 3 is 2.41 bits per heavy atom. The molecule has 1 saturated carbocycles. The summed E-state index contributed by atoms with van der Waals surface area (Å²) < 4.78 is 0. The molecular weight excluding hydrogens is 284 g/mol. The van der Waals surface area contributed by atoms with E-state index in [9.17, 15) is 9.59 Å². The maximum atomic E-state index is 12.5. The summed E-state index contributed by atoms with van der Waals surface area (Å²) in [5, 5.41) is 12.7. The van der Waals surface area contributed by atoms with Gasteiger partial charge in [-0.05, 0) is 32.6 Å². The molecule has 1 fully saturated rings. The minimum atomic E-state index is -1.06. The fourth-order valence-electron chi connectivity index (χ4n) is 3.40. The molecule has 0 aromatic heterocycles.